The average Bonchev–Trinajstić information content (AvgIpc) is 2.74. The van der Waals surface area contributed by atoms with Crippen molar-refractivity contribution >= 4 is 17.6 Å². The highest BCUT2D eigenvalue weighted by atomic mass is 16.5. The van der Waals surface area contributed by atoms with Gasteiger partial charge in [-0.25, -0.2) is 0 Å². The molecule has 2 aromatic carbocycles. The Bertz CT molecular complexity index is 737. The lowest BCUT2D eigenvalue weighted by Gasteiger charge is -2.30. The quantitative estimate of drug-likeness (QED) is 0.280. The van der Waals surface area contributed by atoms with Crippen LogP contribution in [0.15, 0.2) is 24.3 Å². The maximum atomic E-state index is 5.57. The summed E-state index contributed by atoms with van der Waals surface area (Å²) in [5.41, 5.74) is 8.30. The van der Waals surface area contributed by atoms with Gasteiger partial charge in [0.1, 0.15) is 11.5 Å². The standard InChI is InChI=1S/C28H43BO2/c1-9-11-12-13-14-15-24(10-2)29(27-20(3)16-25(30-7)17-21(27)4)28-22(5)18-26(31-8)19-23(28)6/h16-19,24H,9-15H2,1-8H3. The van der Waals surface area contributed by atoms with Crippen molar-refractivity contribution in [2.45, 2.75) is 92.3 Å². The molecule has 0 amide bonds. The number of hydrogen-bond acceptors (Lipinski definition) is 2. The van der Waals surface area contributed by atoms with Crippen LogP contribution in [0.25, 0.3) is 0 Å². The van der Waals surface area contributed by atoms with Gasteiger partial charge in [-0.2, -0.15) is 0 Å². The molecule has 0 aliphatic rings. The molecule has 0 aliphatic carbocycles. The first-order valence-corrected chi connectivity index (χ1v) is 12.2. The van der Waals surface area contributed by atoms with Gasteiger partial charge in [0.2, 0.25) is 6.71 Å². The third-order valence-corrected chi connectivity index (χ3v) is 6.90. The van der Waals surface area contributed by atoms with E-state index in [1.54, 1.807) is 14.2 Å². The van der Waals surface area contributed by atoms with Crippen molar-refractivity contribution in [1.29, 1.82) is 0 Å². The highest BCUT2D eigenvalue weighted by Gasteiger charge is 2.33. The van der Waals surface area contributed by atoms with Crippen LogP contribution in [-0.4, -0.2) is 20.9 Å². The SMILES string of the molecule is CCCCCCCC(CC)B(c1c(C)cc(OC)cc1C)c1c(C)cc(OC)cc1C. The lowest BCUT2D eigenvalue weighted by atomic mass is 9.30. The lowest BCUT2D eigenvalue weighted by Crippen LogP contribution is -2.50. The van der Waals surface area contributed by atoms with Crippen LogP contribution in [-0.2, 0) is 0 Å². The minimum atomic E-state index is 0.396. The van der Waals surface area contributed by atoms with Gasteiger partial charge < -0.3 is 9.47 Å². The molecule has 0 bridgehead atoms. The fourth-order valence-corrected chi connectivity index (χ4v) is 5.32. The second-order valence-corrected chi connectivity index (χ2v) is 9.20. The molecule has 2 rings (SSSR count). The van der Waals surface area contributed by atoms with E-state index >= 15 is 0 Å². The van der Waals surface area contributed by atoms with Crippen molar-refractivity contribution < 1.29 is 9.47 Å². The molecule has 0 heterocycles. The molecular weight excluding hydrogens is 379 g/mol. The molecule has 0 spiro atoms. The Kier molecular flexibility index (Phi) is 10.00. The summed E-state index contributed by atoms with van der Waals surface area (Å²) in [6, 6.07) is 8.82. The summed E-state index contributed by atoms with van der Waals surface area (Å²) in [6.45, 7) is 14.1. The number of unbranched alkanes of at least 4 members (excludes halogenated alkanes) is 4. The average molecular weight is 422 g/mol. The van der Waals surface area contributed by atoms with Crippen LogP contribution in [0.5, 0.6) is 11.5 Å². The van der Waals surface area contributed by atoms with E-state index in [-0.39, 0.29) is 0 Å². The molecule has 0 N–H and O–H groups in total. The first-order chi connectivity index (χ1) is 14.9. The Balaban J connectivity index is 2.56. The predicted molar refractivity (Wildman–Crippen MR) is 137 cm³/mol. The fraction of sp³-hybridized carbons (Fsp3) is 0.571. The van der Waals surface area contributed by atoms with E-state index in [2.05, 4.69) is 65.8 Å². The van der Waals surface area contributed by atoms with Crippen LogP contribution < -0.4 is 20.4 Å². The number of ether oxygens (including phenoxy) is 2. The van der Waals surface area contributed by atoms with Crippen molar-refractivity contribution in [3.8, 4) is 11.5 Å². The second-order valence-electron chi connectivity index (χ2n) is 9.20. The first-order valence-electron chi connectivity index (χ1n) is 12.2. The zero-order valence-electron chi connectivity index (χ0n) is 21.2. The Morgan fingerprint density at radius 1 is 0.677 bits per heavy atom. The largest absolute Gasteiger partial charge is 0.497 e. The van der Waals surface area contributed by atoms with Crippen molar-refractivity contribution in [3.63, 3.8) is 0 Å². The minimum absolute atomic E-state index is 0.396. The van der Waals surface area contributed by atoms with Crippen molar-refractivity contribution in [1.82, 2.24) is 0 Å². The van der Waals surface area contributed by atoms with E-state index in [1.807, 2.05) is 0 Å². The number of hydrogen-bond donors (Lipinski definition) is 0. The molecule has 0 radical (unpaired) electrons. The number of benzene rings is 2. The number of rotatable bonds is 12. The van der Waals surface area contributed by atoms with E-state index in [1.165, 1.54) is 78.1 Å². The Morgan fingerprint density at radius 3 is 1.45 bits per heavy atom. The first kappa shape index (κ1) is 25.4. The molecule has 0 fully saturated rings. The molecule has 2 aromatic rings. The van der Waals surface area contributed by atoms with Gasteiger partial charge in [-0.1, -0.05) is 97.8 Å². The van der Waals surface area contributed by atoms with Gasteiger partial charge in [0.15, 0.2) is 0 Å². The van der Waals surface area contributed by atoms with Crippen LogP contribution in [0.1, 0.15) is 81.0 Å². The van der Waals surface area contributed by atoms with E-state index in [0.717, 1.165) is 11.5 Å². The van der Waals surface area contributed by atoms with E-state index in [4.69, 9.17) is 9.47 Å². The topological polar surface area (TPSA) is 18.5 Å². The molecular formula is C28H43BO2. The monoisotopic (exact) mass is 422 g/mol. The smallest absolute Gasteiger partial charge is 0.213 e. The number of aryl methyl sites for hydroxylation is 4. The summed E-state index contributed by atoms with van der Waals surface area (Å²) >= 11 is 0. The van der Waals surface area contributed by atoms with Crippen LogP contribution in [0.4, 0.5) is 0 Å². The van der Waals surface area contributed by atoms with Gasteiger partial charge in [-0.15, -0.1) is 0 Å². The Morgan fingerprint density at radius 2 is 1.10 bits per heavy atom. The predicted octanol–water partition coefficient (Wildman–Crippen LogP) is 6.69. The normalized spacial score (nSPS) is 12.0. The summed E-state index contributed by atoms with van der Waals surface area (Å²) in [7, 11) is 3.52. The molecule has 3 heteroatoms. The third kappa shape index (κ3) is 6.31. The summed E-state index contributed by atoms with van der Waals surface area (Å²) in [5, 5.41) is 0. The zero-order valence-corrected chi connectivity index (χ0v) is 21.2. The molecule has 2 nitrogen and oxygen atoms in total. The summed E-state index contributed by atoms with van der Waals surface area (Å²) in [5.74, 6) is 2.53. The molecule has 0 aliphatic heterocycles. The lowest BCUT2D eigenvalue weighted by molar-refractivity contribution is 0.414. The Hall–Kier alpha value is -1.90. The molecule has 0 aromatic heterocycles. The molecule has 170 valence electrons. The summed E-state index contributed by atoms with van der Waals surface area (Å²) in [6.07, 6.45) is 9.14. The maximum absolute atomic E-state index is 5.57. The highest BCUT2D eigenvalue weighted by Crippen LogP contribution is 2.29. The number of methoxy groups -OCH3 is 2. The van der Waals surface area contributed by atoms with Crippen LogP contribution in [0.3, 0.4) is 0 Å². The van der Waals surface area contributed by atoms with Gasteiger partial charge in [0.05, 0.1) is 14.2 Å². The molecule has 1 atom stereocenters. The van der Waals surface area contributed by atoms with E-state index in [9.17, 15) is 0 Å². The summed E-state index contributed by atoms with van der Waals surface area (Å²) < 4.78 is 11.1. The van der Waals surface area contributed by atoms with Crippen LogP contribution in [0.2, 0.25) is 5.82 Å². The van der Waals surface area contributed by atoms with Gasteiger partial charge in [-0.3, -0.25) is 0 Å². The molecule has 1 unspecified atom stereocenters. The van der Waals surface area contributed by atoms with Gasteiger partial charge in [0.25, 0.3) is 0 Å². The minimum Gasteiger partial charge on any atom is -0.497 e. The van der Waals surface area contributed by atoms with Crippen molar-refractivity contribution in [2.75, 3.05) is 14.2 Å². The van der Waals surface area contributed by atoms with Crippen LogP contribution in [0, 0.1) is 27.7 Å². The molecule has 0 saturated carbocycles. The van der Waals surface area contributed by atoms with E-state index in [0.29, 0.717) is 12.5 Å². The van der Waals surface area contributed by atoms with Gasteiger partial charge in [0, 0.05) is 0 Å². The van der Waals surface area contributed by atoms with Crippen molar-refractivity contribution in [2.24, 2.45) is 0 Å². The Labute approximate surface area is 191 Å². The second kappa shape index (κ2) is 12.2. The van der Waals surface area contributed by atoms with Gasteiger partial charge >= 0.3 is 0 Å². The van der Waals surface area contributed by atoms with Crippen LogP contribution >= 0.6 is 0 Å². The fourth-order valence-electron chi connectivity index (χ4n) is 5.32. The molecule has 31 heavy (non-hydrogen) atoms. The zero-order chi connectivity index (χ0) is 23.0. The maximum Gasteiger partial charge on any atom is 0.213 e. The van der Waals surface area contributed by atoms with E-state index < -0.39 is 0 Å². The third-order valence-electron chi connectivity index (χ3n) is 6.90. The van der Waals surface area contributed by atoms with Gasteiger partial charge in [-0.05, 0) is 52.0 Å². The van der Waals surface area contributed by atoms with Crippen molar-refractivity contribution in [3.05, 3.63) is 46.5 Å². The highest BCUT2D eigenvalue weighted by molar-refractivity contribution is 6.87. The summed E-state index contributed by atoms with van der Waals surface area (Å²) in [4.78, 5) is 0. The molecule has 0 saturated heterocycles.